The highest BCUT2D eigenvalue weighted by Gasteiger charge is 2.35. The number of carbonyl (C=O) groups is 1. The molecule has 0 aliphatic carbocycles. The summed E-state index contributed by atoms with van der Waals surface area (Å²) in [6.07, 6.45) is 2.72. The fraction of sp³-hybridized carbons (Fsp3) is 0.929. The van der Waals surface area contributed by atoms with Gasteiger partial charge in [-0.3, -0.25) is 4.79 Å². The summed E-state index contributed by atoms with van der Waals surface area (Å²) < 4.78 is 45.2. The Hall–Kier alpha value is -0.630. The van der Waals surface area contributed by atoms with Crippen LogP contribution >= 0.6 is 0 Å². The van der Waals surface area contributed by atoms with Crippen LogP contribution in [0.4, 0.5) is 0 Å². The van der Waals surface area contributed by atoms with Crippen molar-refractivity contribution in [3.63, 3.8) is 0 Å². The molecule has 0 atom stereocenters. The van der Waals surface area contributed by atoms with Crippen molar-refractivity contribution in [2.75, 3.05) is 12.5 Å². The molecule has 8 heteroatoms. The topological polar surface area (TPSA) is 97.4 Å². The van der Waals surface area contributed by atoms with E-state index >= 15 is 0 Å². The Morgan fingerprint density at radius 1 is 1.00 bits per heavy atom. The molecule has 0 unspecified atom stereocenters. The van der Waals surface area contributed by atoms with Crippen LogP contribution in [0.2, 0.25) is 0 Å². The summed E-state index contributed by atoms with van der Waals surface area (Å²) >= 11 is 0. The minimum atomic E-state index is -3.71. The predicted octanol–water partition coefficient (Wildman–Crippen LogP) is 1.51. The monoisotopic (exact) mass is 355 g/mol. The number of amides is 1. The molecule has 0 rings (SSSR count). The van der Waals surface area contributed by atoms with E-state index in [9.17, 15) is 21.6 Å². The fourth-order valence-corrected chi connectivity index (χ4v) is 5.56. The van der Waals surface area contributed by atoms with Crippen LogP contribution < -0.4 is 5.32 Å². The first-order chi connectivity index (χ1) is 9.53. The average molecular weight is 356 g/mol. The van der Waals surface area contributed by atoms with Crippen molar-refractivity contribution < 1.29 is 21.6 Å². The van der Waals surface area contributed by atoms with Gasteiger partial charge in [-0.05, 0) is 33.1 Å². The van der Waals surface area contributed by atoms with Gasteiger partial charge in [-0.1, -0.05) is 20.8 Å². The molecular weight excluding hydrogens is 326 g/mol. The molecule has 0 radical (unpaired) electrons. The van der Waals surface area contributed by atoms with Gasteiger partial charge in [-0.15, -0.1) is 0 Å². The Balaban J connectivity index is 5.04. The minimum Gasteiger partial charge on any atom is -0.351 e. The van der Waals surface area contributed by atoms with Crippen molar-refractivity contribution in [1.29, 1.82) is 0 Å². The number of carbonyl (C=O) groups excluding carboxylic acids is 1. The van der Waals surface area contributed by atoms with Crippen molar-refractivity contribution in [3.05, 3.63) is 0 Å². The third-order valence-corrected chi connectivity index (χ3v) is 8.39. The van der Waals surface area contributed by atoms with E-state index in [0.717, 1.165) is 12.5 Å². The van der Waals surface area contributed by atoms with E-state index in [2.05, 4.69) is 5.32 Å². The van der Waals surface area contributed by atoms with Crippen LogP contribution in [0.1, 0.15) is 53.9 Å². The van der Waals surface area contributed by atoms with E-state index in [4.69, 9.17) is 0 Å². The third-order valence-electron chi connectivity index (χ3n) is 3.91. The zero-order valence-corrected chi connectivity index (χ0v) is 16.2. The Labute approximate surface area is 134 Å². The summed E-state index contributed by atoms with van der Waals surface area (Å²) in [5, 5.41) is 2.88. The molecule has 6 nitrogen and oxygen atoms in total. The molecule has 132 valence electrons. The van der Waals surface area contributed by atoms with Crippen molar-refractivity contribution in [2.45, 2.75) is 64.0 Å². The van der Waals surface area contributed by atoms with Crippen molar-refractivity contribution in [3.8, 4) is 0 Å². The average Bonchev–Trinajstić information content (AvgIpc) is 2.24. The molecule has 0 heterocycles. The number of sulfone groups is 2. The Kier molecular flexibility index (Phi) is 6.67. The van der Waals surface area contributed by atoms with Crippen LogP contribution in [0, 0.1) is 5.41 Å². The molecule has 0 aliphatic heterocycles. The maximum atomic E-state index is 12.2. The van der Waals surface area contributed by atoms with Crippen LogP contribution in [-0.2, 0) is 24.5 Å². The molecule has 1 amide bonds. The van der Waals surface area contributed by atoms with Crippen molar-refractivity contribution >= 4 is 25.6 Å². The largest absolute Gasteiger partial charge is 0.351 e. The molecule has 0 saturated carbocycles. The van der Waals surface area contributed by atoms with E-state index in [1.807, 2.05) is 20.8 Å². The molecule has 0 fully saturated rings. The molecule has 0 aliphatic rings. The smallest absolute Gasteiger partial charge is 0.226 e. The Morgan fingerprint density at radius 3 is 1.73 bits per heavy atom. The molecule has 0 spiro atoms. The minimum absolute atomic E-state index is 0.0441. The lowest BCUT2D eigenvalue weighted by atomic mass is 9.87. The van der Waals surface area contributed by atoms with Crippen LogP contribution in [0.25, 0.3) is 0 Å². The number of hydrogen-bond acceptors (Lipinski definition) is 5. The lowest BCUT2D eigenvalue weighted by Gasteiger charge is -2.32. The predicted molar refractivity (Wildman–Crippen MR) is 89.0 cm³/mol. The van der Waals surface area contributed by atoms with Crippen LogP contribution in [0.15, 0.2) is 0 Å². The van der Waals surface area contributed by atoms with E-state index in [1.54, 1.807) is 13.8 Å². The second-order valence-electron chi connectivity index (χ2n) is 7.20. The second-order valence-corrected chi connectivity index (χ2v) is 12.0. The van der Waals surface area contributed by atoms with E-state index < -0.39 is 35.2 Å². The second kappa shape index (κ2) is 6.86. The van der Waals surface area contributed by atoms with Gasteiger partial charge in [-0.2, -0.15) is 0 Å². The summed E-state index contributed by atoms with van der Waals surface area (Å²) in [6.45, 7) is 9.09. The highest BCUT2D eigenvalue weighted by Crippen LogP contribution is 2.24. The molecule has 0 aromatic heterocycles. The standard InChI is InChI=1S/C14H29NO5S2/c1-8-13(2,3)12(16)15-14(4,5)10-9-11(21(6,17)18)22(7,19)20/h11H,8-10H2,1-7H3,(H,15,16). The van der Waals surface area contributed by atoms with Crippen LogP contribution in [-0.4, -0.2) is 45.4 Å². The van der Waals surface area contributed by atoms with Gasteiger partial charge >= 0.3 is 0 Å². The van der Waals surface area contributed by atoms with Gasteiger partial charge in [-0.25, -0.2) is 16.8 Å². The van der Waals surface area contributed by atoms with Gasteiger partial charge in [0.15, 0.2) is 24.3 Å². The lowest BCUT2D eigenvalue weighted by Crippen LogP contribution is -2.49. The highest BCUT2D eigenvalue weighted by molar-refractivity contribution is 8.08. The molecule has 22 heavy (non-hydrogen) atoms. The van der Waals surface area contributed by atoms with Gasteiger partial charge in [0.25, 0.3) is 0 Å². The van der Waals surface area contributed by atoms with Crippen LogP contribution in [0.5, 0.6) is 0 Å². The number of nitrogens with one attached hydrogen (secondary N) is 1. The third kappa shape index (κ3) is 6.64. The van der Waals surface area contributed by atoms with Gasteiger partial charge < -0.3 is 5.32 Å². The lowest BCUT2D eigenvalue weighted by molar-refractivity contribution is -0.131. The SMILES string of the molecule is CCC(C)(C)C(=O)NC(C)(C)CCC(S(C)(=O)=O)S(C)(=O)=O. The number of hydrogen-bond donors (Lipinski definition) is 1. The zero-order chi connectivity index (χ0) is 18.0. The first-order valence-electron chi connectivity index (χ1n) is 7.23. The molecule has 0 bridgehead atoms. The maximum Gasteiger partial charge on any atom is 0.226 e. The molecule has 1 N–H and O–H groups in total. The highest BCUT2D eigenvalue weighted by atomic mass is 32.3. The van der Waals surface area contributed by atoms with Crippen LogP contribution in [0.3, 0.4) is 0 Å². The van der Waals surface area contributed by atoms with Gasteiger partial charge in [0.2, 0.25) is 5.91 Å². The van der Waals surface area contributed by atoms with E-state index in [1.165, 1.54) is 0 Å². The first-order valence-corrected chi connectivity index (χ1v) is 11.1. The Bertz CT molecular complexity index is 571. The maximum absolute atomic E-state index is 12.2. The van der Waals surface area contributed by atoms with Crippen molar-refractivity contribution in [1.82, 2.24) is 5.32 Å². The summed E-state index contributed by atoms with van der Waals surface area (Å²) in [6, 6.07) is 0. The summed E-state index contributed by atoms with van der Waals surface area (Å²) in [7, 11) is -7.41. The molecular formula is C14H29NO5S2. The normalized spacial score (nSPS) is 14.2. The van der Waals surface area contributed by atoms with E-state index in [0.29, 0.717) is 6.42 Å². The Morgan fingerprint density at radius 2 is 1.41 bits per heavy atom. The molecule has 0 aromatic rings. The summed E-state index contributed by atoms with van der Waals surface area (Å²) in [4.78, 5) is 12.2. The van der Waals surface area contributed by atoms with Gasteiger partial charge in [0, 0.05) is 23.5 Å². The fourth-order valence-electron chi connectivity index (χ4n) is 1.92. The summed E-state index contributed by atoms with van der Waals surface area (Å²) in [5.41, 5.74) is -1.21. The molecule has 0 saturated heterocycles. The van der Waals surface area contributed by atoms with E-state index in [-0.39, 0.29) is 18.7 Å². The summed E-state index contributed by atoms with van der Waals surface area (Å²) in [5.74, 6) is -0.129. The number of rotatable bonds is 8. The first kappa shape index (κ1) is 21.4. The quantitative estimate of drug-likeness (QED) is 0.712. The zero-order valence-electron chi connectivity index (χ0n) is 14.6. The van der Waals surface area contributed by atoms with Crippen molar-refractivity contribution in [2.24, 2.45) is 5.41 Å². The van der Waals surface area contributed by atoms with Gasteiger partial charge in [0.1, 0.15) is 0 Å². The molecule has 0 aromatic carbocycles. The van der Waals surface area contributed by atoms with Gasteiger partial charge in [0.05, 0.1) is 0 Å².